The van der Waals surface area contributed by atoms with Crippen molar-refractivity contribution in [2.45, 2.75) is 32.7 Å². The van der Waals surface area contributed by atoms with Crippen LogP contribution >= 0.6 is 11.3 Å². The molecule has 0 saturated heterocycles. The SMILES string of the molecule is CC(C)NC(=O)CCc1nnc(C(=O)Nc2ccccc2)s1. The second-order valence-electron chi connectivity index (χ2n) is 5.04. The number of aromatic nitrogens is 2. The smallest absolute Gasteiger partial charge is 0.286 e. The predicted molar refractivity (Wildman–Crippen MR) is 85.9 cm³/mol. The van der Waals surface area contributed by atoms with Crippen molar-refractivity contribution >= 4 is 28.8 Å². The summed E-state index contributed by atoms with van der Waals surface area (Å²) in [6.45, 7) is 3.82. The van der Waals surface area contributed by atoms with Crippen LogP contribution in [0.5, 0.6) is 0 Å². The standard InChI is InChI=1S/C15H18N4O2S/c1-10(2)16-12(20)8-9-13-18-19-15(22-13)14(21)17-11-6-4-3-5-7-11/h3-7,10H,8-9H2,1-2H3,(H,16,20)(H,17,21). The van der Waals surface area contributed by atoms with E-state index < -0.39 is 0 Å². The summed E-state index contributed by atoms with van der Waals surface area (Å²) in [4.78, 5) is 23.6. The van der Waals surface area contributed by atoms with Crippen molar-refractivity contribution < 1.29 is 9.59 Å². The zero-order chi connectivity index (χ0) is 15.9. The molecule has 1 aromatic carbocycles. The van der Waals surface area contributed by atoms with Crippen LogP contribution in [0.3, 0.4) is 0 Å². The molecule has 0 atom stereocenters. The van der Waals surface area contributed by atoms with E-state index in [1.807, 2.05) is 32.0 Å². The maximum absolute atomic E-state index is 12.0. The van der Waals surface area contributed by atoms with Gasteiger partial charge in [-0.15, -0.1) is 10.2 Å². The predicted octanol–water partition coefficient (Wildman–Crippen LogP) is 2.25. The number of anilines is 1. The van der Waals surface area contributed by atoms with Crippen molar-refractivity contribution in [1.29, 1.82) is 0 Å². The number of benzene rings is 1. The molecular formula is C15H18N4O2S. The molecule has 2 rings (SSSR count). The number of carbonyl (C=O) groups excluding carboxylic acids is 2. The van der Waals surface area contributed by atoms with Crippen molar-refractivity contribution in [3.63, 3.8) is 0 Å². The fourth-order valence-corrected chi connectivity index (χ4v) is 2.50. The Morgan fingerprint density at radius 1 is 1.18 bits per heavy atom. The zero-order valence-corrected chi connectivity index (χ0v) is 13.3. The van der Waals surface area contributed by atoms with E-state index in [0.29, 0.717) is 28.5 Å². The highest BCUT2D eigenvalue weighted by atomic mass is 32.1. The third-order valence-electron chi connectivity index (χ3n) is 2.71. The molecule has 22 heavy (non-hydrogen) atoms. The minimum absolute atomic E-state index is 0.0273. The first-order valence-corrected chi connectivity index (χ1v) is 7.84. The van der Waals surface area contributed by atoms with Gasteiger partial charge in [-0.2, -0.15) is 0 Å². The summed E-state index contributed by atoms with van der Waals surface area (Å²) < 4.78 is 0. The minimum atomic E-state index is -0.290. The van der Waals surface area contributed by atoms with Crippen LogP contribution in [0.2, 0.25) is 0 Å². The fourth-order valence-electron chi connectivity index (χ4n) is 1.77. The molecule has 0 aliphatic heterocycles. The van der Waals surface area contributed by atoms with Crippen molar-refractivity contribution in [2.75, 3.05) is 5.32 Å². The molecule has 0 spiro atoms. The van der Waals surface area contributed by atoms with Crippen molar-refractivity contribution in [3.8, 4) is 0 Å². The Balaban J connectivity index is 1.88. The highest BCUT2D eigenvalue weighted by Gasteiger charge is 2.14. The molecule has 0 unspecified atom stereocenters. The second-order valence-corrected chi connectivity index (χ2v) is 6.11. The van der Waals surface area contributed by atoms with Gasteiger partial charge < -0.3 is 10.6 Å². The first-order valence-electron chi connectivity index (χ1n) is 7.02. The van der Waals surface area contributed by atoms with Gasteiger partial charge in [0.1, 0.15) is 5.01 Å². The van der Waals surface area contributed by atoms with Gasteiger partial charge in [0, 0.05) is 24.6 Å². The lowest BCUT2D eigenvalue weighted by Crippen LogP contribution is -2.30. The van der Waals surface area contributed by atoms with Crippen LogP contribution in [0.4, 0.5) is 5.69 Å². The maximum Gasteiger partial charge on any atom is 0.286 e. The van der Waals surface area contributed by atoms with Gasteiger partial charge in [-0.1, -0.05) is 29.5 Å². The van der Waals surface area contributed by atoms with Gasteiger partial charge in [0.15, 0.2) is 0 Å². The Labute approximate surface area is 133 Å². The first-order chi connectivity index (χ1) is 10.5. The lowest BCUT2D eigenvalue weighted by atomic mass is 10.3. The number of nitrogens with one attached hydrogen (secondary N) is 2. The second kappa shape index (κ2) is 7.65. The Morgan fingerprint density at radius 3 is 2.59 bits per heavy atom. The molecule has 0 saturated carbocycles. The van der Waals surface area contributed by atoms with Crippen LogP contribution in [0.1, 0.15) is 35.1 Å². The van der Waals surface area contributed by atoms with Gasteiger partial charge in [-0.3, -0.25) is 9.59 Å². The third kappa shape index (κ3) is 4.92. The number of hydrogen-bond donors (Lipinski definition) is 2. The van der Waals surface area contributed by atoms with E-state index in [1.165, 1.54) is 11.3 Å². The molecule has 7 heteroatoms. The van der Waals surface area contributed by atoms with Gasteiger partial charge in [0.25, 0.3) is 5.91 Å². The highest BCUT2D eigenvalue weighted by Crippen LogP contribution is 2.14. The van der Waals surface area contributed by atoms with E-state index in [1.54, 1.807) is 12.1 Å². The molecule has 1 heterocycles. The maximum atomic E-state index is 12.0. The van der Waals surface area contributed by atoms with Gasteiger partial charge in [0.05, 0.1) is 0 Å². The Hall–Kier alpha value is -2.28. The van der Waals surface area contributed by atoms with Gasteiger partial charge in [-0.25, -0.2) is 0 Å². The van der Waals surface area contributed by atoms with Crippen LogP contribution in [0, 0.1) is 0 Å². The zero-order valence-electron chi connectivity index (χ0n) is 12.5. The monoisotopic (exact) mass is 318 g/mol. The molecule has 6 nitrogen and oxygen atoms in total. The van der Waals surface area contributed by atoms with Crippen LogP contribution in [-0.2, 0) is 11.2 Å². The van der Waals surface area contributed by atoms with Gasteiger partial charge >= 0.3 is 0 Å². The molecule has 2 aromatic rings. The number of aryl methyl sites for hydroxylation is 1. The Bertz CT molecular complexity index is 640. The summed E-state index contributed by atoms with van der Waals surface area (Å²) in [5, 5.41) is 14.4. The normalized spacial score (nSPS) is 10.5. The Morgan fingerprint density at radius 2 is 1.91 bits per heavy atom. The minimum Gasteiger partial charge on any atom is -0.354 e. The fraction of sp³-hybridized carbons (Fsp3) is 0.333. The molecule has 0 radical (unpaired) electrons. The largest absolute Gasteiger partial charge is 0.354 e. The molecule has 1 aromatic heterocycles. The number of hydrogen-bond acceptors (Lipinski definition) is 5. The molecule has 0 fully saturated rings. The van der Waals surface area contributed by atoms with Crippen LogP contribution in [-0.4, -0.2) is 28.1 Å². The number of carbonyl (C=O) groups is 2. The number of amides is 2. The van der Waals surface area contributed by atoms with E-state index in [0.717, 1.165) is 0 Å². The van der Waals surface area contributed by atoms with Crippen LogP contribution in [0.15, 0.2) is 30.3 Å². The van der Waals surface area contributed by atoms with E-state index in [-0.39, 0.29) is 17.9 Å². The summed E-state index contributed by atoms with van der Waals surface area (Å²) >= 11 is 1.21. The van der Waals surface area contributed by atoms with Crippen molar-refractivity contribution in [2.24, 2.45) is 0 Å². The topological polar surface area (TPSA) is 84.0 Å². The van der Waals surface area contributed by atoms with Crippen molar-refractivity contribution in [1.82, 2.24) is 15.5 Å². The van der Waals surface area contributed by atoms with Gasteiger partial charge in [-0.05, 0) is 26.0 Å². The van der Waals surface area contributed by atoms with E-state index >= 15 is 0 Å². The molecule has 2 N–H and O–H groups in total. The van der Waals surface area contributed by atoms with E-state index in [2.05, 4.69) is 20.8 Å². The molecule has 116 valence electrons. The summed E-state index contributed by atoms with van der Waals surface area (Å²) in [6, 6.07) is 9.28. The molecule has 0 aliphatic carbocycles. The van der Waals surface area contributed by atoms with Crippen LogP contribution < -0.4 is 10.6 Å². The average molecular weight is 318 g/mol. The average Bonchev–Trinajstić information content (AvgIpc) is 2.94. The summed E-state index contributed by atoms with van der Waals surface area (Å²) in [5.74, 6) is -0.318. The number of para-hydroxylation sites is 1. The number of rotatable bonds is 6. The highest BCUT2D eigenvalue weighted by molar-refractivity contribution is 7.13. The van der Waals surface area contributed by atoms with E-state index in [9.17, 15) is 9.59 Å². The molecular weight excluding hydrogens is 300 g/mol. The quantitative estimate of drug-likeness (QED) is 0.855. The Kier molecular flexibility index (Phi) is 5.60. The van der Waals surface area contributed by atoms with Crippen molar-refractivity contribution in [3.05, 3.63) is 40.3 Å². The molecule has 2 amide bonds. The van der Waals surface area contributed by atoms with Crippen LogP contribution in [0.25, 0.3) is 0 Å². The summed E-state index contributed by atoms with van der Waals surface area (Å²) in [5.41, 5.74) is 0.709. The van der Waals surface area contributed by atoms with E-state index in [4.69, 9.17) is 0 Å². The lowest BCUT2D eigenvalue weighted by molar-refractivity contribution is -0.121. The number of nitrogens with zero attached hydrogens (tertiary/aromatic N) is 2. The third-order valence-corrected chi connectivity index (χ3v) is 3.69. The lowest BCUT2D eigenvalue weighted by Gasteiger charge is -2.06. The summed E-state index contributed by atoms with van der Waals surface area (Å²) in [7, 11) is 0. The molecule has 0 aliphatic rings. The van der Waals surface area contributed by atoms with Gasteiger partial charge in [0.2, 0.25) is 10.9 Å². The first kappa shape index (κ1) is 16.1. The molecule has 0 bridgehead atoms. The summed E-state index contributed by atoms with van der Waals surface area (Å²) in [6.07, 6.45) is 0.821.